The Kier molecular flexibility index (Phi) is 2.74. The van der Waals surface area contributed by atoms with Gasteiger partial charge in [0.25, 0.3) is 0 Å². The highest BCUT2D eigenvalue weighted by Crippen LogP contribution is 2.48. The predicted molar refractivity (Wildman–Crippen MR) is 58.9 cm³/mol. The summed E-state index contributed by atoms with van der Waals surface area (Å²) in [5.74, 6) is -0.776. The van der Waals surface area contributed by atoms with Gasteiger partial charge in [0.1, 0.15) is 0 Å². The van der Waals surface area contributed by atoms with Crippen LogP contribution in [0, 0.1) is 0 Å². The van der Waals surface area contributed by atoms with E-state index in [1.54, 1.807) is 24.3 Å². The van der Waals surface area contributed by atoms with Crippen molar-refractivity contribution in [3.63, 3.8) is 0 Å². The average molecular weight is 220 g/mol. The van der Waals surface area contributed by atoms with Crippen molar-refractivity contribution in [3.05, 3.63) is 35.4 Å². The molecule has 1 aliphatic carbocycles. The van der Waals surface area contributed by atoms with E-state index in [4.69, 9.17) is 15.2 Å². The van der Waals surface area contributed by atoms with Gasteiger partial charge in [0, 0.05) is 6.32 Å². The minimum absolute atomic E-state index is 0.167. The molecule has 0 heterocycles. The number of benzene rings is 1. The first kappa shape index (κ1) is 11.2. The molecule has 0 bridgehead atoms. The molecule has 0 unspecified atom stereocenters. The molecule has 84 valence electrons. The fraction of sp³-hybridized carbons (Fsp3) is 0.364. The molecule has 1 saturated carbocycles. The molecule has 1 aromatic rings. The summed E-state index contributed by atoms with van der Waals surface area (Å²) in [5.41, 5.74) is 0.909. The van der Waals surface area contributed by atoms with Gasteiger partial charge in [0.15, 0.2) is 0 Å². The van der Waals surface area contributed by atoms with Crippen molar-refractivity contribution < 1.29 is 19.9 Å². The van der Waals surface area contributed by atoms with E-state index in [0.29, 0.717) is 12.8 Å². The molecule has 16 heavy (non-hydrogen) atoms. The zero-order valence-electron chi connectivity index (χ0n) is 8.76. The van der Waals surface area contributed by atoms with Crippen molar-refractivity contribution in [2.24, 2.45) is 0 Å². The largest absolute Gasteiger partial charge is 0.481 e. The molecule has 1 aliphatic rings. The van der Waals surface area contributed by atoms with Crippen molar-refractivity contribution in [1.29, 1.82) is 0 Å². The smallest absolute Gasteiger partial charge is 0.456 e. The predicted octanol–water partition coefficient (Wildman–Crippen LogP) is 0.357. The average Bonchev–Trinajstić information content (AvgIpc) is 2.98. The zero-order valence-corrected chi connectivity index (χ0v) is 8.76. The number of hydrogen-bond acceptors (Lipinski definition) is 3. The monoisotopic (exact) mass is 220 g/mol. The Labute approximate surface area is 93.7 Å². The maximum atomic E-state index is 11.1. The first-order chi connectivity index (χ1) is 7.54. The number of carboxylic acid groups (broad SMARTS) is 1. The molecular weight excluding hydrogens is 207 g/mol. The lowest BCUT2D eigenvalue weighted by Gasteiger charge is -2.10. The van der Waals surface area contributed by atoms with Gasteiger partial charge >= 0.3 is 13.1 Å². The van der Waals surface area contributed by atoms with Crippen LogP contribution in [-0.2, 0) is 16.5 Å². The lowest BCUT2D eigenvalue weighted by molar-refractivity contribution is -0.140. The van der Waals surface area contributed by atoms with Crippen LogP contribution in [0.5, 0.6) is 0 Å². The highest BCUT2D eigenvalue weighted by Gasteiger charge is 2.51. The highest BCUT2D eigenvalue weighted by atomic mass is 16.4. The Morgan fingerprint density at radius 2 is 1.81 bits per heavy atom. The summed E-state index contributed by atoms with van der Waals surface area (Å²) in [4.78, 5) is 11.1. The fourth-order valence-electron chi connectivity index (χ4n) is 1.92. The topological polar surface area (TPSA) is 77.8 Å². The van der Waals surface area contributed by atoms with E-state index in [1.165, 1.54) is 0 Å². The molecule has 0 saturated heterocycles. The first-order valence-corrected chi connectivity index (χ1v) is 5.23. The van der Waals surface area contributed by atoms with Crippen LogP contribution in [-0.4, -0.2) is 28.2 Å². The van der Waals surface area contributed by atoms with E-state index in [0.717, 1.165) is 11.1 Å². The Morgan fingerprint density at radius 3 is 2.19 bits per heavy atom. The van der Waals surface area contributed by atoms with Gasteiger partial charge < -0.3 is 15.2 Å². The molecule has 0 radical (unpaired) electrons. The van der Waals surface area contributed by atoms with Gasteiger partial charge in [-0.05, 0) is 18.4 Å². The number of carbonyl (C=O) groups is 1. The van der Waals surface area contributed by atoms with Crippen molar-refractivity contribution >= 4 is 13.1 Å². The van der Waals surface area contributed by atoms with Crippen LogP contribution in [0.15, 0.2) is 24.3 Å². The Hall–Kier alpha value is -1.33. The second kappa shape index (κ2) is 3.92. The van der Waals surface area contributed by atoms with E-state index < -0.39 is 18.5 Å². The molecule has 0 aliphatic heterocycles. The molecule has 4 nitrogen and oxygen atoms in total. The summed E-state index contributed by atoms with van der Waals surface area (Å²) in [5, 5.41) is 26.7. The van der Waals surface area contributed by atoms with E-state index >= 15 is 0 Å². The summed E-state index contributed by atoms with van der Waals surface area (Å²) in [6, 6.07) is 7.02. The standard InChI is InChI=1S/C11H13BO4/c13-10(14)11(5-6-11)9-3-1-8(2-4-9)7-12(15)16/h1-4,15-16H,5-7H2,(H,13,14). The molecule has 0 spiro atoms. The minimum atomic E-state index is -1.36. The number of carboxylic acids is 1. The zero-order chi connectivity index (χ0) is 11.8. The van der Waals surface area contributed by atoms with Gasteiger partial charge in [0.05, 0.1) is 5.41 Å². The molecule has 1 fully saturated rings. The van der Waals surface area contributed by atoms with Gasteiger partial charge in [-0.3, -0.25) is 4.79 Å². The molecular formula is C11H13BO4. The number of rotatable bonds is 4. The van der Waals surface area contributed by atoms with Gasteiger partial charge in [-0.25, -0.2) is 0 Å². The van der Waals surface area contributed by atoms with E-state index in [2.05, 4.69) is 0 Å². The van der Waals surface area contributed by atoms with Crippen LogP contribution in [0.2, 0.25) is 0 Å². The third-order valence-electron chi connectivity index (χ3n) is 3.08. The molecule has 2 rings (SSSR count). The van der Waals surface area contributed by atoms with Crippen molar-refractivity contribution in [3.8, 4) is 0 Å². The summed E-state index contributed by atoms with van der Waals surface area (Å²) >= 11 is 0. The Morgan fingerprint density at radius 1 is 1.25 bits per heavy atom. The summed E-state index contributed by atoms with van der Waals surface area (Å²) in [6.07, 6.45) is 1.54. The lowest BCUT2D eigenvalue weighted by Crippen LogP contribution is -2.19. The van der Waals surface area contributed by atoms with Crippen LogP contribution in [0.25, 0.3) is 0 Å². The van der Waals surface area contributed by atoms with Gasteiger partial charge in [0.2, 0.25) is 0 Å². The second-order valence-corrected chi connectivity index (χ2v) is 4.27. The number of hydrogen-bond donors (Lipinski definition) is 3. The van der Waals surface area contributed by atoms with Crippen molar-refractivity contribution in [1.82, 2.24) is 0 Å². The maximum Gasteiger partial charge on any atom is 0.456 e. The maximum absolute atomic E-state index is 11.1. The molecule has 0 amide bonds. The summed E-state index contributed by atoms with van der Waals surface area (Å²) < 4.78 is 0. The van der Waals surface area contributed by atoms with Gasteiger partial charge in [-0.15, -0.1) is 0 Å². The summed E-state index contributed by atoms with van der Waals surface area (Å²) in [6.45, 7) is 0. The quantitative estimate of drug-likeness (QED) is 0.640. The van der Waals surface area contributed by atoms with Crippen LogP contribution in [0.4, 0.5) is 0 Å². The lowest BCUT2D eigenvalue weighted by atomic mass is 9.81. The van der Waals surface area contributed by atoms with Crippen LogP contribution >= 0.6 is 0 Å². The van der Waals surface area contributed by atoms with Gasteiger partial charge in [-0.1, -0.05) is 29.8 Å². The van der Waals surface area contributed by atoms with Crippen LogP contribution in [0.1, 0.15) is 24.0 Å². The molecule has 0 aromatic heterocycles. The first-order valence-electron chi connectivity index (χ1n) is 5.23. The van der Waals surface area contributed by atoms with Crippen molar-refractivity contribution in [2.75, 3.05) is 0 Å². The van der Waals surface area contributed by atoms with E-state index in [1.807, 2.05) is 0 Å². The van der Waals surface area contributed by atoms with Gasteiger partial charge in [-0.2, -0.15) is 0 Å². The minimum Gasteiger partial charge on any atom is -0.481 e. The third kappa shape index (κ3) is 1.96. The Balaban J connectivity index is 2.17. The second-order valence-electron chi connectivity index (χ2n) is 4.27. The van der Waals surface area contributed by atoms with E-state index in [9.17, 15) is 4.79 Å². The number of aliphatic carboxylic acids is 1. The molecule has 1 aromatic carbocycles. The van der Waals surface area contributed by atoms with Crippen LogP contribution < -0.4 is 0 Å². The molecule has 3 N–H and O–H groups in total. The fourth-order valence-corrected chi connectivity index (χ4v) is 1.92. The van der Waals surface area contributed by atoms with Crippen LogP contribution in [0.3, 0.4) is 0 Å². The van der Waals surface area contributed by atoms with Crippen molar-refractivity contribution in [2.45, 2.75) is 24.6 Å². The highest BCUT2D eigenvalue weighted by molar-refractivity contribution is 6.40. The third-order valence-corrected chi connectivity index (χ3v) is 3.08. The summed E-state index contributed by atoms with van der Waals surface area (Å²) in [7, 11) is -1.36. The molecule has 0 atom stereocenters. The molecule has 5 heteroatoms. The SMILES string of the molecule is O=C(O)C1(c2ccc(CB(O)O)cc2)CC1. The Bertz CT molecular complexity index is 395. The normalized spacial score (nSPS) is 16.9. The van der Waals surface area contributed by atoms with E-state index in [-0.39, 0.29) is 6.32 Å².